The molecule has 154 valence electrons. The summed E-state index contributed by atoms with van der Waals surface area (Å²) < 4.78 is 34.1. The third-order valence-corrected chi connectivity index (χ3v) is 6.95. The lowest BCUT2D eigenvalue weighted by molar-refractivity contribution is -0.135. The summed E-state index contributed by atoms with van der Waals surface area (Å²) in [6.07, 6.45) is 0.656. The molecule has 0 unspecified atom stereocenters. The standard InChI is InChI=1S/C18H25N3O6S/c1-26-15-4-2-3-14(18(19)23)17(15)27-11-16(22)21-8-6-20(7-9-21)13-5-10-28(24,25)12-13/h2-4,13H,5-12H2,1H3,(H2,19,23)/t13-/m0/s1. The van der Waals surface area contributed by atoms with Crippen LogP contribution in [0, 0.1) is 0 Å². The fourth-order valence-electron chi connectivity index (χ4n) is 3.64. The molecule has 2 N–H and O–H groups in total. The number of hydrogen-bond donors (Lipinski definition) is 1. The van der Waals surface area contributed by atoms with Gasteiger partial charge in [0, 0.05) is 32.2 Å². The van der Waals surface area contributed by atoms with Crippen LogP contribution in [0.5, 0.6) is 11.5 Å². The van der Waals surface area contributed by atoms with Crippen LogP contribution in [0.1, 0.15) is 16.8 Å². The SMILES string of the molecule is COc1cccc(C(N)=O)c1OCC(=O)N1CCN([C@H]2CCS(=O)(=O)C2)CC1. The minimum absolute atomic E-state index is 0.0465. The lowest BCUT2D eigenvalue weighted by Gasteiger charge is -2.37. The molecule has 2 aliphatic rings. The van der Waals surface area contributed by atoms with Crippen LogP contribution in [0.2, 0.25) is 0 Å². The number of amides is 2. The number of benzene rings is 1. The number of nitrogens with two attached hydrogens (primary N) is 1. The van der Waals surface area contributed by atoms with Crippen LogP contribution >= 0.6 is 0 Å². The van der Waals surface area contributed by atoms with Gasteiger partial charge in [-0.3, -0.25) is 14.5 Å². The van der Waals surface area contributed by atoms with Crippen molar-refractivity contribution in [2.75, 3.05) is 51.4 Å². The Hall–Kier alpha value is -2.33. The number of carbonyl (C=O) groups excluding carboxylic acids is 2. The predicted molar refractivity (Wildman–Crippen MR) is 102 cm³/mol. The lowest BCUT2D eigenvalue weighted by atomic mass is 10.1. The highest BCUT2D eigenvalue weighted by Gasteiger charge is 2.34. The van der Waals surface area contributed by atoms with E-state index in [0.29, 0.717) is 38.3 Å². The van der Waals surface area contributed by atoms with Crippen molar-refractivity contribution in [2.45, 2.75) is 12.5 Å². The topological polar surface area (TPSA) is 119 Å². The quantitative estimate of drug-likeness (QED) is 0.670. The Morgan fingerprint density at radius 1 is 1.21 bits per heavy atom. The number of methoxy groups -OCH3 is 1. The van der Waals surface area contributed by atoms with E-state index in [1.165, 1.54) is 13.2 Å². The van der Waals surface area contributed by atoms with E-state index < -0.39 is 15.7 Å². The van der Waals surface area contributed by atoms with Crippen molar-refractivity contribution in [3.63, 3.8) is 0 Å². The second kappa shape index (κ2) is 8.36. The van der Waals surface area contributed by atoms with Crippen molar-refractivity contribution in [2.24, 2.45) is 5.73 Å². The largest absolute Gasteiger partial charge is 0.493 e. The summed E-state index contributed by atoms with van der Waals surface area (Å²) >= 11 is 0. The highest BCUT2D eigenvalue weighted by molar-refractivity contribution is 7.91. The molecular formula is C18H25N3O6S. The molecule has 1 aromatic rings. The van der Waals surface area contributed by atoms with Gasteiger partial charge < -0.3 is 20.1 Å². The molecule has 3 rings (SSSR count). The van der Waals surface area contributed by atoms with E-state index in [4.69, 9.17) is 15.2 Å². The van der Waals surface area contributed by atoms with Gasteiger partial charge in [-0.15, -0.1) is 0 Å². The van der Waals surface area contributed by atoms with Crippen LogP contribution in [0.4, 0.5) is 0 Å². The van der Waals surface area contributed by atoms with Gasteiger partial charge in [-0.25, -0.2) is 8.42 Å². The molecule has 1 aromatic carbocycles. The molecule has 1 atom stereocenters. The van der Waals surface area contributed by atoms with Gasteiger partial charge in [-0.2, -0.15) is 0 Å². The zero-order valence-corrected chi connectivity index (χ0v) is 16.6. The number of para-hydroxylation sites is 1. The van der Waals surface area contributed by atoms with Gasteiger partial charge in [0.05, 0.1) is 24.2 Å². The Morgan fingerprint density at radius 2 is 1.93 bits per heavy atom. The highest BCUT2D eigenvalue weighted by Crippen LogP contribution is 2.30. The van der Waals surface area contributed by atoms with E-state index in [0.717, 1.165) is 0 Å². The van der Waals surface area contributed by atoms with Crippen molar-refractivity contribution in [3.05, 3.63) is 23.8 Å². The highest BCUT2D eigenvalue weighted by atomic mass is 32.2. The Kier molecular flexibility index (Phi) is 6.09. The maximum Gasteiger partial charge on any atom is 0.260 e. The second-order valence-electron chi connectivity index (χ2n) is 6.96. The van der Waals surface area contributed by atoms with Crippen LogP contribution in [-0.4, -0.2) is 87.5 Å². The normalized spacial score (nSPS) is 22.0. The Balaban J connectivity index is 1.55. The first kappa shape index (κ1) is 20.4. The maximum absolute atomic E-state index is 12.5. The fourth-order valence-corrected chi connectivity index (χ4v) is 5.41. The second-order valence-corrected chi connectivity index (χ2v) is 9.19. The first-order valence-corrected chi connectivity index (χ1v) is 10.9. The number of hydrogen-bond acceptors (Lipinski definition) is 7. The number of rotatable bonds is 6. The van der Waals surface area contributed by atoms with Gasteiger partial charge in [0.15, 0.2) is 27.9 Å². The van der Waals surface area contributed by atoms with Crippen molar-refractivity contribution >= 4 is 21.7 Å². The molecule has 9 nitrogen and oxygen atoms in total. The predicted octanol–water partition coefficient (Wildman–Crippen LogP) is -0.496. The van der Waals surface area contributed by atoms with Gasteiger partial charge >= 0.3 is 0 Å². The van der Waals surface area contributed by atoms with E-state index in [2.05, 4.69) is 4.90 Å². The zero-order chi connectivity index (χ0) is 20.3. The van der Waals surface area contributed by atoms with E-state index in [1.54, 1.807) is 17.0 Å². The Labute approximate surface area is 164 Å². The van der Waals surface area contributed by atoms with Gasteiger partial charge in [0.1, 0.15) is 0 Å². The summed E-state index contributed by atoms with van der Waals surface area (Å²) in [6, 6.07) is 4.81. The summed E-state index contributed by atoms with van der Waals surface area (Å²) in [5.41, 5.74) is 5.52. The van der Waals surface area contributed by atoms with Crippen molar-refractivity contribution in [1.29, 1.82) is 0 Å². The van der Waals surface area contributed by atoms with Gasteiger partial charge in [0.2, 0.25) is 0 Å². The molecule has 2 aliphatic heterocycles. The Morgan fingerprint density at radius 3 is 2.50 bits per heavy atom. The lowest BCUT2D eigenvalue weighted by Crippen LogP contribution is -2.53. The van der Waals surface area contributed by atoms with Gasteiger partial charge in [-0.05, 0) is 18.6 Å². The van der Waals surface area contributed by atoms with Crippen LogP contribution in [-0.2, 0) is 14.6 Å². The molecule has 0 radical (unpaired) electrons. The number of nitrogens with zero attached hydrogens (tertiary/aromatic N) is 2. The van der Waals surface area contributed by atoms with Crippen LogP contribution in [0.25, 0.3) is 0 Å². The molecule has 0 aromatic heterocycles. The number of carbonyl (C=O) groups is 2. The van der Waals surface area contributed by atoms with E-state index in [-0.39, 0.29) is 41.4 Å². The summed E-state index contributed by atoms with van der Waals surface area (Å²) in [7, 11) is -1.48. The van der Waals surface area contributed by atoms with Crippen molar-refractivity contribution < 1.29 is 27.5 Å². The molecule has 2 amide bonds. The van der Waals surface area contributed by atoms with Crippen LogP contribution in [0.3, 0.4) is 0 Å². The number of ether oxygens (including phenoxy) is 2. The summed E-state index contributed by atoms with van der Waals surface area (Å²) in [4.78, 5) is 27.9. The fraction of sp³-hybridized carbons (Fsp3) is 0.556. The minimum Gasteiger partial charge on any atom is -0.493 e. The van der Waals surface area contributed by atoms with E-state index in [1.807, 2.05) is 0 Å². The molecule has 0 spiro atoms. The Bertz CT molecular complexity index is 849. The van der Waals surface area contributed by atoms with Crippen molar-refractivity contribution in [3.8, 4) is 11.5 Å². The average molecular weight is 411 g/mol. The number of sulfone groups is 1. The molecule has 0 aliphatic carbocycles. The van der Waals surface area contributed by atoms with E-state index in [9.17, 15) is 18.0 Å². The number of primary amides is 1. The summed E-state index contributed by atoms with van der Waals surface area (Å²) in [6.45, 7) is 2.04. The van der Waals surface area contributed by atoms with Gasteiger partial charge in [-0.1, -0.05) is 6.07 Å². The maximum atomic E-state index is 12.5. The molecule has 0 bridgehead atoms. The molecule has 2 heterocycles. The smallest absolute Gasteiger partial charge is 0.260 e. The first-order chi connectivity index (χ1) is 13.3. The number of piperazine rings is 1. The first-order valence-electron chi connectivity index (χ1n) is 9.12. The molecular weight excluding hydrogens is 386 g/mol. The monoisotopic (exact) mass is 411 g/mol. The zero-order valence-electron chi connectivity index (χ0n) is 15.8. The van der Waals surface area contributed by atoms with Gasteiger partial charge in [0.25, 0.3) is 11.8 Å². The molecule has 2 saturated heterocycles. The summed E-state index contributed by atoms with van der Waals surface area (Å²) in [5, 5.41) is 0. The average Bonchev–Trinajstić information content (AvgIpc) is 3.05. The van der Waals surface area contributed by atoms with Crippen molar-refractivity contribution in [1.82, 2.24) is 9.80 Å². The van der Waals surface area contributed by atoms with Crippen LogP contribution in [0.15, 0.2) is 18.2 Å². The minimum atomic E-state index is -2.92. The third-order valence-electron chi connectivity index (χ3n) is 5.20. The molecule has 10 heteroatoms. The third kappa shape index (κ3) is 4.56. The molecule has 28 heavy (non-hydrogen) atoms. The van der Waals surface area contributed by atoms with E-state index >= 15 is 0 Å². The summed E-state index contributed by atoms with van der Waals surface area (Å²) in [5.74, 6) is 0.0537. The molecule has 2 fully saturated rings. The van der Waals surface area contributed by atoms with Crippen LogP contribution < -0.4 is 15.2 Å². The molecule has 0 saturated carbocycles.